The molecule has 0 aromatic rings. The predicted octanol–water partition coefficient (Wildman–Crippen LogP) is 0.429. The third-order valence-corrected chi connectivity index (χ3v) is 2.19. The first kappa shape index (κ1) is 7.03. The van der Waals surface area contributed by atoms with Crippen LogP contribution in [0.3, 0.4) is 0 Å². The number of nitrogens with zero attached hydrogens (tertiary/aromatic N) is 1. The third-order valence-electron chi connectivity index (χ3n) is 2.19. The molecule has 1 aliphatic rings. The molecule has 0 bridgehead atoms. The Bertz CT molecular complexity index is 83.0. The fourth-order valence-electron chi connectivity index (χ4n) is 1.44. The van der Waals surface area contributed by atoms with Gasteiger partial charge in [0.25, 0.3) is 0 Å². The molecule has 0 amide bonds. The zero-order chi connectivity index (χ0) is 6.69. The summed E-state index contributed by atoms with van der Waals surface area (Å²) in [6.45, 7) is 2.07. The van der Waals surface area contributed by atoms with Gasteiger partial charge in [0.15, 0.2) is 0 Å². The Kier molecular flexibility index (Phi) is 2.49. The largest absolute Gasteiger partial charge is 0.329 e. The lowest BCUT2D eigenvalue weighted by molar-refractivity contribution is 0.191. The maximum Gasteiger partial charge on any atom is 0.0215 e. The first-order valence-electron chi connectivity index (χ1n) is 3.75. The van der Waals surface area contributed by atoms with Crippen LogP contribution < -0.4 is 5.73 Å². The second-order valence-electron chi connectivity index (χ2n) is 2.87. The molecule has 0 aromatic heterocycles. The van der Waals surface area contributed by atoms with Crippen molar-refractivity contribution in [1.29, 1.82) is 0 Å². The standard InChI is InChI=1S/C7H16N2/c1-9-5-3-2-4-7(9)6-8/h7H,2-6,8H2,1H3/t7-/m0/s1. The average Bonchev–Trinajstić information content (AvgIpc) is 1.89. The highest BCUT2D eigenvalue weighted by Gasteiger charge is 2.15. The van der Waals surface area contributed by atoms with E-state index in [4.69, 9.17) is 5.73 Å². The zero-order valence-electron chi connectivity index (χ0n) is 6.14. The van der Waals surface area contributed by atoms with Gasteiger partial charge in [-0.2, -0.15) is 0 Å². The number of piperidine rings is 1. The Morgan fingerprint density at radius 2 is 2.33 bits per heavy atom. The quantitative estimate of drug-likeness (QED) is 0.555. The van der Waals surface area contributed by atoms with Crippen molar-refractivity contribution in [3.63, 3.8) is 0 Å². The molecule has 0 saturated carbocycles. The van der Waals surface area contributed by atoms with Crippen LogP contribution in [-0.2, 0) is 0 Å². The Morgan fingerprint density at radius 1 is 1.56 bits per heavy atom. The van der Waals surface area contributed by atoms with E-state index in [1.807, 2.05) is 0 Å². The molecule has 1 fully saturated rings. The second-order valence-corrected chi connectivity index (χ2v) is 2.87. The minimum Gasteiger partial charge on any atom is -0.329 e. The molecule has 0 aromatic carbocycles. The van der Waals surface area contributed by atoms with Crippen molar-refractivity contribution in [3.8, 4) is 0 Å². The minimum absolute atomic E-state index is 0.666. The SMILES string of the molecule is CN1CCCC[C@H]1CN. The van der Waals surface area contributed by atoms with Crippen molar-refractivity contribution in [2.75, 3.05) is 20.1 Å². The lowest BCUT2D eigenvalue weighted by Crippen LogP contribution is -2.41. The van der Waals surface area contributed by atoms with Gasteiger partial charge in [0.2, 0.25) is 0 Å². The van der Waals surface area contributed by atoms with Crippen LogP contribution >= 0.6 is 0 Å². The van der Waals surface area contributed by atoms with Crippen molar-refractivity contribution in [1.82, 2.24) is 4.90 Å². The Morgan fingerprint density at radius 3 is 2.78 bits per heavy atom. The summed E-state index contributed by atoms with van der Waals surface area (Å²) in [5, 5.41) is 0. The highest BCUT2D eigenvalue weighted by molar-refractivity contribution is 4.73. The van der Waals surface area contributed by atoms with E-state index in [9.17, 15) is 0 Å². The Hall–Kier alpha value is -0.0800. The number of nitrogens with two attached hydrogens (primary N) is 1. The first-order valence-corrected chi connectivity index (χ1v) is 3.75. The summed E-state index contributed by atoms with van der Waals surface area (Å²) in [5.74, 6) is 0. The first-order chi connectivity index (χ1) is 4.34. The fraction of sp³-hybridized carbons (Fsp3) is 1.00. The summed E-state index contributed by atoms with van der Waals surface area (Å²) in [5.41, 5.74) is 5.55. The van der Waals surface area contributed by atoms with Crippen LogP contribution in [0.25, 0.3) is 0 Å². The summed E-state index contributed by atoms with van der Waals surface area (Å²) >= 11 is 0. The van der Waals surface area contributed by atoms with Crippen molar-refractivity contribution >= 4 is 0 Å². The summed E-state index contributed by atoms with van der Waals surface area (Å²) < 4.78 is 0. The zero-order valence-corrected chi connectivity index (χ0v) is 6.14. The Labute approximate surface area is 57.0 Å². The second kappa shape index (κ2) is 3.18. The molecule has 0 unspecified atom stereocenters. The van der Waals surface area contributed by atoms with E-state index in [0.717, 1.165) is 6.54 Å². The van der Waals surface area contributed by atoms with E-state index in [1.54, 1.807) is 0 Å². The van der Waals surface area contributed by atoms with Gasteiger partial charge in [0.1, 0.15) is 0 Å². The normalized spacial score (nSPS) is 30.7. The van der Waals surface area contributed by atoms with E-state index in [0.29, 0.717) is 6.04 Å². The van der Waals surface area contributed by atoms with Crippen LogP contribution in [-0.4, -0.2) is 31.1 Å². The summed E-state index contributed by atoms with van der Waals surface area (Å²) in [4.78, 5) is 2.36. The van der Waals surface area contributed by atoms with E-state index < -0.39 is 0 Å². The van der Waals surface area contributed by atoms with Gasteiger partial charge in [-0.15, -0.1) is 0 Å². The molecule has 9 heavy (non-hydrogen) atoms. The van der Waals surface area contributed by atoms with Gasteiger partial charge in [0, 0.05) is 12.6 Å². The van der Waals surface area contributed by atoms with E-state index in [2.05, 4.69) is 11.9 Å². The molecule has 2 N–H and O–H groups in total. The molecule has 0 aliphatic carbocycles. The van der Waals surface area contributed by atoms with E-state index in [1.165, 1.54) is 25.8 Å². The van der Waals surface area contributed by atoms with Gasteiger partial charge in [0.05, 0.1) is 0 Å². The molecule has 1 rings (SSSR count). The van der Waals surface area contributed by atoms with Crippen LogP contribution in [0, 0.1) is 0 Å². The molecular weight excluding hydrogens is 112 g/mol. The smallest absolute Gasteiger partial charge is 0.0215 e. The van der Waals surface area contributed by atoms with Crippen LogP contribution in [0.4, 0.5) is 0 Å². The highest BCUT2D eigenvalue weighted by Crippen LogP contribution is 2.12. The number of likely N-dealkylation sites (N-methyl/N-ethyl adjacent to an activating group) is 1. The van der Waals surface area contributed by atoms with Crippen molar-refractivity contribution in [2.24, 2.45) is 5.73 Å². The molecule has 0 spiro atoms. The van der Waals surface area contributed by atoms with E-state index in [-0.39, 0.29) is 0 Å². The lowest BCUT2D eigenvalue weighted by atomic mass is 10.0. The summed E-state index contributed by atoms with van der Waals surface area (Å²) in [6, 6.07) is 0.666. The van der Waals surface area contributed by atoms with Gasteiger partial charge in [-0.05, 0) is 26.4 Å². The molecule has 1 aliphatic heterocycles. The topological polar surface area (TPSA) is 29.3 Å². The van der Waals surface area contributed by atoms with Gasteiger partial charge in [-0.25, -0.2) is 0 Å². The maximum atomic E-state index is 5.55. The minimum atomic E-state index is 0.666. The fourth-order valence-corrected chi connectivity index (χ4v) is 1.44. The van der Waals surface area contributed by atoms with Crippen molar-refractivity contribution < 1.29 is 0 Å². The van der Waals surface area contributed by atoms with Crippen LogP contribution in [0.15, 0.2) is 0 Å². The molecule has 0 radical (unpaired) electrons. The molecule has 1 saturated heterocycles. The lowest BCUT2D eigenvalue weighted by Gasteiger charge is -2.31. The monoisotopic (exact) mass is 128 g/mol. The average molecular weight is 128 g/mol. The van der Waals surface area contributed by atoms with Gasteiger partial charge in [-0.3, -0.25) is 0 Å². The maximum absolute atomic E-state index is 5.55. The van der Waals surface area contributed by atoms with Gasteiger partial charge in [-0.1, -0.05) is 6.42 Å². The van der Waals surface area contributed by atoms with Crippen LogP contribution in [0.5, 0.6) is 0 Å². The number of likely N-dealkylation sites (tertiary alicyclic amines) is 1. The van der Waals surface area contributed by atoms with Crippen molar-refractivity contribution in [2.45, 2.75) is 25.3 Å². The molecule has 1 heterocycles. The third kappa shape index (κ3) is 1.66. The number of hydrogen-bond donors (Lipinski definition) is 1. The number of hydrogen-bond acceptors (Lipinski definition) is 2. The van der Waals surface area contributed by atoms with E-state index >= 15 is 0 Å². The highest BCUT2D eigenvalue weighted by atomic mass is 15.1. The molecule has 2 nitrogen and oxygen atoms in total. The van der Waals surface area contributed by atoms with Gasteiger partial charge < -0.3 is 10.6 Å². The summed E-state index contributed by atoms with van der Waals surface area (Å²) in [6.07, 6.45) is 4.02. The van der Waals surface area contributed by atoms with Crippen LogP contribution in [0.1, 0.15) is 19.3 Å². The molecule has 1 atom stereocenters. The Balaban J connectivity index is 2.30. The molecule has 54 valence electrons. The molecule has 2 heteroatoms. The van der Waals surface area contributed by atoms with Crippen LogP contribution in [0.2, 0.25) is 0 Å². The van der Waals surface area contributed by atoms with Gasteiger partial charge >= 0.3 is 0 Å². The molecular formula is C7H16N2. The number of rotatable bonds is 1. The summed E-state index contributed by atoms with van der Waals surface area (Å²) in [7, 11) is 2.16. The predicted molar refractivity (Wildman–Crippen MR) is 39.3 cm³/mol. The van der Waals surface area contributed by atoms with Crippen molar-refractivity contribution in [3.05, 3.63) is 0 Å².